The Hall–Kier alpha value is -4.50. The monoisotopic (exact) mass is 542 g/mol. The molecule has 3 N–H and O–H groups in total. The number of aromatic nitrogens is 2. The Bertz CT molecular complexity index is 1670. The van der Waals surface area contributed by atoms with Crippen LogP contribution in [0.25, 0.3) is 16.6 Å². The average molecular weight is 543 g/mol. The smallest absolute Gasteiger partial charge is 0.335 e. The Kier molecular flexibility index (Phi) is 8.64. The van der Waals surface area contributed by atoms with Gasteiger partial charge in [0.1, 0.15) is 6.04 Å². The van der Waals surface area contributed by atoms with Crippen molar-refractivity contribution in [2.45, 2.75) is 46.2 Å². The maximum atomic E-state index is 13.3. The molecule has 208 valence electrons. The topological polar surface area (TPSA) is 122 Å². The van der Waals surface area contributed by atoms with Gasteiger partial charge < -0.3 is 15.7 Å². The van der Waals surface area contributed by atoms with E-state index in [1.165, 1.54) is 4.57 Å². The van der Waals surface area contributed by atoms with Crippen molar-refractivity contribution in [3.05, 3.63) is 109 Å². The number of carbonyl (C=O) groups excluding carboxylic acids is 1. The van der Waals surface area contributed by atoms with Crippen molar-refractivity contribution in [3.63, 3.8) is 0 Å². The zero-order valence-corrected chi connectivity index (χ0v) is 23.2. The van der Waals surface area contributed by atoms with Crippen molar-refractivity contribution in [2.75, 3.05) is 6.54 Å². The van der Waals surface area contributed by atoms with Crippen LogP contribution < -0.4 is 21.9 Å². The summed E-state index contributed by atoms with van der Waals surface area (Å²) in [7, 11) is 1.63. The van der Waals surface area contributed by atoms with Crippen LogP contribution in [0.1, 0.15) is 46.0 Å². The van der Waals surface area contributed by atoms with E-state index in [0.29, 0.717) is 34.3 Å². The van der Waals surface area contributed by atoms with Crippen LogP contribution in [0.2, 0.25) is 0 Å². The number of carboxylic acid groups (broad SMARTS) is 1. The second-order valence-electron chi connectivity index (χ2n) is 10.0. The van der Waals surface area contributed by atoms with E-state index in [2.05, 4.69) is 17.6 Å². The standard InChI is InChI=1S/C31H34N4O5/c1-5-15-32-18-22-11-14-24-26(17-22)34(4)31(40)35(29(24)37)23-12-9-21(10-13-23)16-25(30(38)39)33-28(36)27-19(2)7-6-8-20(27)3/h6-14,17,25,32H,5,15-16,18H2,1-4H3,(H,33,36)(H,38,39)/t25-/m0/s1. The molecule has 1 heterocycles. The number of aryl methyl sites for hydroxylation is 3. The zero-order valence-electron chi connectivity index (χ0n) is 23.2. The van der Waals surface area contributed by atoms with Gasteiger partial charge >= 0.3 is 11.7 Å². The van der Waals surface area contributed by atoms with Crippen molar-refractivity contribution in [1.29, 1.82) is 0 Å². The predicted octanol–water partition coefficient (Wildman–Crippen LogP) is 3.23. The minimum atomic E-state index is -1.16. The number of rotatable bonds is 10. The van der Waals surface area contributed by atoms with Gasteiger partial charge in [-0.2, -0.15) is 0 Å². The summed E-state index contributed by atoms with van der Waals surface area (Å²) < 4.78 is 2.57. The van der Waals surface area contributed by atoms with Gasteiger partial charge in [0, 0.05) is 25.6 Å². The molecule has 9 nitrogen and oxygen atoms in total. The Morgan fingerprint density at radius 1 is 0.950 bits per heavy atom. The van der Waals surface area contributed by atoms with Crippen LogP contribution in [-0.4, -0.2) is 38.7 Å². The van der Waals surface area contributed by atoms with E-state index in [1.54, 1.807) is 63.4 Å². The molecule has 1 atom stereocenters. The molecule has 0 saturated carbocycles. The summed E-state index contributed by atoms with van der Waals surface area (Å²) in [6, 6.07) is 16.3. The molecule has 0 saturated heterocycles. The highest BCUT2D eigenvalue weighted by atomic mass is 16.4. The normalized spacial score (nSPS) is 11.9. The van der Waals surface area contributed by atoms with Gasteiger partial charge in [-0.05, 0) is 73.3 Å². The fourth-order valence-corrected chi connectivity index (χ4v) is 4.86. The molecule has 0 fully saturated rings. The van der Waals surface area contributed by atoms with Gasteiger partial charge in [-0.3, -0.25) is 14.2 Å². The van der Waals surface area contributed by atoms with Gasteiger partial charge in [0.15, 0.2) is 0 Å². The maximum Gasteiger partial charge on any atom is 0.335 e. The first kappa shape index (κ1) is 28.5. The molecule has 40 heavy (non-hydrogen) atoms. The van der Waals surface area contributed by atoms with Crippen LogP contribution in [0, 0.1) is 13.8 Å². The molecular formula is C31H34N4O5. The lowest BCUT2D eigenvalue weighted by Crippen LogP contribution is -2.42. The summed E-state index contributed by atoms with van der Waals surface area (Å²) in [5.41, 5.74) is 3.62. The molecule has 4 rings (SSSR count). The molecule has 1 amide bonds. The van der Waals surface area contributed by atoms with Crippen molar-refractivity contribution in [1.82, 2.24) is 19.8 Å². The molecule has 0 spiro atoms. The lowest BCUT2D eigenvalue weighted by molar-refractivity contribution is -0.139. The third kappa shape index (κ3) is 5.89. The number of nitrogens with one attached hydrogen (secondary N) is 2. The minimum absolute atomic E-state index is 0.0335. The van der Waals surface area contributed by atoms with E-state index < -0.39 is 29.2 Å². The Morgan fingerprint density at radius 3 is 2.23 bits per heavy atom. The van der Waals surface area contributed by atoms with E-state index in [0.717, 1.165) is 34.2 Å². The summed E-state index contributed by atoms with van der Waals surface area (Å²) in [4.78, 5) is 51.4. The van der Waals surface area contributed by atoms with Gasteiger partial charge in [0.25, 0.3) is 11.5 Å². The molecule has 0 aliphatic heterocycles. The van der Waals surface area contributed by atoms with Crippen LogP contribution in [0.3, 0.4) is 0 Å². The molecule has 0 radical (unpaired) electrons. The first-order valence-electron chi connectivity index (χ1n) is 13.3. The molecule has 0 aliphatic carbocycles. The lowest BCUT2D eigenvalue weighted by Gasteiger charge is -2.17. The van der Waals surface area contributed by atoms with Crippen LogP contribution in [-0.2, 0) is 24.8 Å². The Balaban J connectivity index is 1.59. The fourth-order valence-electron chi connectivity index (χ4n) is 4.86. The highest BCUT2D eigenvalue weighted by molar-refractivity contribution is 5.99. The summed E-state index contributed by atoms with van der Waals surface area (Å²) >= 11 is 0. The highest BCUT2D eigenvalue weighted by Crippen LogP contribution is 2.16. The number of fused-ring (bicyclic) bond motifs is 1. The first-order chi connectivity index (χ1) is 19.1. The number of carbonyl (C=O) groups is 2. The number of benzene rings is 3. The zero-order chi connectivity index (χ0) is 29.0. The Labute approximate surface area is 232 Å². The second-order valence-corrected chi connectivity index (χ2v) is 10.0. The van der Waals surface area contributed by atoms with Gasteiger partial charge in [0.2, 0.25) is 0 Å². The number of nitrogens with zero attached hydrogens (tertiary/aromatic N) is 2. The largest absolute Gasteiger partial charge is 0.480 e. The van der Waals surface area contributed by atoms with Crippen molar-refractivity contribution < 1.29 is 14.7 Å². The molecular weight excluding hydrogens is 508 g/mol. The van der Waals surface area contributed by atoms with Crippen molar-refractivity contribution >= 4 is 22.8 Å². The van der Waals surface area contributed by atoms with Gasteiger partial charge in [-0.25, -0.2) is 14.2 Å². The van der Waals surface area contributed by atoms with Crippen LogP contribution in [0.4, 0.5) is 0 Å². The lowest BCUT2D eigenvalue weighted by atomic mass is 10.0. The summed E-state index contributed by atoms with van der Waals surface area (Å²) in [5.74, 6) is -1.61. The van der Waals surface area contributed by atoms with Gasteiger partial charge in [0.05, 0.1) is 16.6 Å². The van der Waals surface area contributed by atoms with Crippen molar-refractivity contribution in [3.8, 4) is 5.69 Å². The maximum absolute atomic E-state index is 13.3. The molecule has 4 aromatic rings. The molecule has 1 aromatic heterocycles. The van der Waals surface area contributed by atoms with E-state index >= 15 is 0 Å². The van der Waals surface area contributed by atoms with Crippen LogP contribution >= 0.6 is 0 Å². The van der Waals surface area contributed by atoms with Crippen LogP contribution in [0.5, 0.6) is 0 Å². The van der Waals surface area contributed by atoms with E-state index in [1.807, 2.05) is 18.2 Å². The van der Waals surface area contributed by atoms with Gasteiger partial charge in [-0.15, -0.1) is 0 Å². The number of hydrogen-bond donors (Lipinski definition) is 3. The highest BCUT2D eigenvalue weighted by Gasteiger charge is 2.23. The fraction of sp³-hybridized carbons (Fsp3) is 0.290. The Morgan fingerprint density at radius 2 is 1.60 bits per heavy atom. The molecule has 0 bridgehead atoms. The van der Waals surface area contributed by atoms with Crippen molar-refractivity contribution in [2.24, 2.45) is 7.05 Å². The average Bonchev–Trinajstić information content (AvgIpc) is 2.92. The van der Waals surface area contributed by atoms with Crippen LogP contribution in [0.15, 0.2) is 70.3 Å². The predicted molar refractivity (Wildman–Crippen MR) is 155 cm³/mol. The summed E-state index contributed by atoms with van der Waals surface area (Å²) in [5, 5.41) is 16.1. The second kappa shape index (κ2) is 12.1. The summed E-state index contributed by atoms with van der Waals surface area (Å²) in [6.45, 7) is 7.21. The number of carboxylic acids is 1. The van der Waals surface area contributed by atoms with E-state index in [4.69, 9.17) is 0 Å². The minimum Gasteiger partial charge on any atom is -0.480 e. The third-order valence-corrected chi connectivity index (χ3v) is 7.04. The van der Waals surface area contributed by atoms with E-state index in [9.17, 15) is 24.3 Å². The SMILES string of the molecule is CCCNCc1ccc2c(=O)n(-c3ccc(C[C@H](NC(=O)c4c(C)cccc4C)C(=O)O)cc3)c(=O)n(C)c2c1. The number of aliphatic carboxylic acids is 1. The quantitative estimate of drug-likeness (QED) is 0.265. The third-order valence-electron chi connectivity index (χ3n) is 7.04. The molecule has 3 aromatic carbocycles. The molecule has 0 aliphatic rings. The summed E-state index contributed by atoms with van der Waals surface area (Å²) in [6.07, 6.45) is 1.04. The molecule has 0 unspecified atom stereocenters. The number of hydrogen-bond acceptors (Lipinski definition) is 5. The number of amides is 1. The molecule has 9 heteroatoms. The van der Waals surface area contributed by atoms with E-state index in [-0.39, 0.29) is 6.42 Å². The first-order valence-corrected chi connectivity index (χ1v) is 13.3. The van der Waals surface area contributed by atoms with Gasteiger partial charge in [-0.1, -0.05) is 43.3 Å².